The van der Waals surface area contributed by atoms with Crippen molar-refractivity contribution in [3.8, 4) is 0 Å². The Labute approximate surface area is 171 Å². The van der Waals surface area contributed by atoms with E-state index in [0.29, 0.717) is 0 Å². The fourth-order valence-electron chi connectivity index (χ4n) is 2.74. The third-order valence-electron chi connectivity index (χ3n) is 4.19. The number of carbonyl (C=O) groups is 1. The lowest BCUT2D eigenvalue weighted by Crippen LogP contribution is -2.47. The number of carbonyl (C=O) groups excluding carboxylic acids is 1. The number of pyridine rings is 1. The maximum absolute atomic E-state index is 13.2. The number of hydrogen-bond donors (Lipinski definition) is 0. The van der Waals surface area contributed by atoms with Crippen molar-refractivity contribution in [2.24, 2.45) is 4.99 Å². The molecule has 8 heteroatoms. The molecule has 0 fully saturated rings. The molecule has 29 heavy (non-hydrogen) atoms. The maximum Gasteiger partial charge on any atom is 0.270 e. The maximum atomic E-state index is 13.2. The SMILES string of the molecule is O=C(c1cccc([N+](=O)[O-])c1)[C@@H](C([S-])=NCc1ccc(F)cc1)[n+]1ccccc1. The number of halogens is 1. The molecular formula is C21H16FN3O3S. The highest BCUT2D eigenvalue weighted by Gasteiger charge is 2.29. The number of aliphatic imine (C=N–C) groups is 1. The summed E-state index contributed by atoms with van der Waals surface area (Å²) in [6.45, 7) is 0.186. The smallest absolute Gasteiger partial charge is 0.270 e. The predicted molar refractivity (Wildman–Crippen MR) is 108 cm³/mol. The van der Waals surface area contributed by atoms with Crippen LogP contribution < -0.4 is 4.57 Å². The summed E-state index contributed by atoms with van der Waals surface area (Å²) >= 11 is 5.43. The highest BCUT2D eigenvalue weighted by Crippen LogP contribution is 2.18. The zero-order valence-electron chi connectivity index (χ0n) is 15.1. The van der Waals surface area contributed by atoms with Crippen LogP contribution in [-0.2, 0) is 19.2 Å². The van der Waals surface area contributed by atoms with Crippen molar-refractivity contribution in [2.45, 2.75) is 12.6 Å². The van der Waals surface area contributed by atoms with Crippen molar-refractivity contribution in [1.29, 1.82) is 0 Å². The molecule has 0 bridgehead atoms. The molecule has 0 unspecified atom stereocenters. The van der Waals surface area contributed by atoms with Gasteiger partial charge in [-0.05, 0) is 22.7 Å². The van der Waals surface area contributed by atoms with Gasteiger partial charge < -0.3 is 17.6 Å². The molecule has 0 N–H and O–H groups in total. The van der Waals surface area contributed by atoms with Gasteiger partial charge in [0, 0.05) is 29.8 Å². The molecule has 0 radical (unpaired) electrons. The Hall–Kier alpha value is -3.52. The van der Waals surface area contributed by atoms with Gasteiger partial charge >= 0.3 is 0 Å². The summed E-state index contributed by atoms with van der Waals surface area (Å²) in [5.74, 6) is -0.757. The van der Waals surface area contributed by atoms with Gasteiger partial charge in [-0.1, -0.05) is 30.3 Å². The number of nitro benzene ring substituents is 1. The topological polar surface area (TPSA) is 76.4 Å². The first kappa shape index (κ1) is 20.2. The van der Waals surface area contributed by atoms with Crippen molar-refractivity contribution < 1.29 is 18.7 Å². The largest absolute Gasteiger partial charge is 0.758 e. The Kier molecular flexibility index (Phi) is 6.36. The second-order valence-electron chi connectivity index (χ2n) is 6.18. The Morgan fingerprint density at radius 2 is 1.79 bits per heavy atom. The molecular weight excluding hydrogens is 393 g/mol. The molecule has 1 heterocycles. The lowest BCUT2D eigenvalue weighted by atomic mass is 10.0. The monoisotopic (exact) mass is 409 g/mol. The molecule has 3 aromatic rings. The van der Waals surface area contributed by atoms with Gasteiger partial charge in [0.15, 0.2) is 12.4 Å². The molecule has 3 rings (SSSR count). The molecule has 146 valence electrons. The van der Waals surface area contributed by atoms with Crippen LogP contribution in [0.25, 0.3) is 0 Å². The number of benzene rings is 2. The first-order chi connectivity index (χ1) is 14.0. The summed E-state index contributed by atoms with van der Waals surface area (Å²) in [6, 6.07) is 15.7. The van der Waals surface area contributed by atoms with E-state index in [1.807, 2.05) is 0 Å². The Bertz CT molecular complexity index is 1060. The highest BCUT2D eigenvalue weighted by atomic mass is 32.1. The molecule has 0 aliphatic rings. The lowest BCUT2D eigenvalue weighted by Gasteiger charge is -2.18. The Balaban J connectivity index is 1.95. The van der Waals surface area contributed by atoms with Crippen molar-refractivity contribution in [1.82, 2.24) is 0 Å². The van der Waals surface area contributed by atoms with Crippen molar-refractivity contribution in [2.75, 3.05) is 0 Å². The van der Waals surface area contributed by atoms with Gasteiger partial charge in [-0.25, -0.2) is 4.39 Å². The molecule has 0 spiro atoms. The van der Waals surface area contributed by atoms with E-state index in [1.165, 1.54) is 36.4 Å². The minimum Gasteiger partial charge on any atom is -0.758 e. The zero-order valence-corrected chi connectivity index (χ0v) is 16.0. The summed E-state index contributed by atoms with van der Waals surface area (Å²) in [5, 5.41) is 11.2. The molecule has 0 saturated carbocycles. The van der Waals surface area contributed by atoms with Crippen LogP contribution >= 0.6 is 0 Å². The normalized spacial score (nSPS) is 12.4. The van der Waals surface area contributed by atoms with E-state index in [2.05, 4.69) is 4.99 Å². The van der Waals surface area contributed by atoms with Gasteiger partial charge in [0.1, 0.15) is 5.82 Å². The third-order valence-corrected chi connectivity index (χ3v) is 4.54. The quantitative estimate of drug-likeness (QED) is 0.114. The summed E-state index contributed by atoms with van der Waals surface area (Å²) in [4.78, 5) is 28.0. The van der Waals surface area contributed by atoms with Gasteiger partial charge in [-0.2, -0.15) is 4.57 Å². The van der Waals surface area contributed by atoms with E-state index in [1.54, 1.807) is 47.3 Å². The molecule has 6 nitrogen and oxygen atoms in total. The van der Waals surface area contributed by atoms with Gasteiger partial charge in [0.25, 0.3) is 5.69 Å². The first-order valence-electron chi connectivity index (χ1n) is 8.66. The number of Topliss-reactive ketones (excluding diaryl/α,β-unsaturated/α-hetero) is 1. The average Bonchev–Trinajstić information content (AvgIpc) is 2.74. The standard InChI is InChI=1S/C21H16FN3O3S/c22-17-9-7-15(8-10-17)14-23-21(29)19(24-11-2-1-3-12-24)20(26)16-5-4-6-18(13-16)25(27)28/h1-13,19H,14H2/t19-/m0/s1. The number of aromatic nitrogens is 1. The molecule has 0 amide bonds. The van der Waals surface area contributed by atoms with Crippen LogP contribution in [0.4, 0.5) is 10.1 Å². The predicted octanol–water partition coefficient (Wildman–Crippen LogP) is 3.59. The van der Waals surface area contributed by atoms with Crippen LogP contribution in [0.5, 0.6) is 0 Å². The van der Waals surface area contributed by atoms with E-state index in [9.17, 15) is 19.3 Å². The molecule has 1 aromatic heterocycles. The second-order valence-corrected chi connectivity index (χ2v) is 6.60. The molecule has 2 aromatic carbocycles. The van der Waals surface area contributed by atoms with E-state index >= 15 is 0 Å². The second kappa shape index (κ2) is 9.11. The number of nitro groups is 1. The van der Waals surface area contributed by atoms with Crippen LogP contribution in [0.2, 0.25) is 0 Å². The van der Waals surface area contributed by atoms with Gasteiger partial charge in [-0.15, -0.1) is 0 Å². The number of nitrogens with zero attached hydrogens (tertiary/aromatic N) is 3. The number of hydrogen-bond acceptors (Lipinski definition) is 5. The van der Waals surface area contributed by atoms with Gasteiger partial charge in [0.2, 0.25) is 11.8 Å². The van der Waals surface area contributed by atoms with Crippen molar-refractivity contribution in [3.63, 3.8) is 0 Å². The fourth-order valence-corrected chi connectivity index (χ4v) is 3.03. The molecule has 0 aliphatic carbocycles. The molecule has 0 saturated heterocycles. The Morgan fingerprint density at radius 3 is 2.45 bits per heavy atom. The van der Waals surface area contributed by atoms with E-state index in [4.69, 9.17) is 12.6 Å². The minimum atomic E-state index is -0.936. The number of rotatable bonds is 7. The lowest BCUT2D eigenvalue weighted by molar-refractivity contribution is -0.691. The number of non-ortho nitro benzene ring substituents is 1. The van der Waals surface area contributed by atoms with E-state index in [-0.39, 0.29) is 28.7 Å². The van der Waals surface area contributed by atoms with Crippen LogP contribution in [0.3, 0.4) is 0 Å². The van der Waals surface area contributed by atoms with Crippen LogP contribution in [0.1, 0.15) is 22.0 Å². The van der Waals surface area contributed by atoms with Crippen LogP contribution in [-0.4, -0.2) is 15.8 Å². The van der Waals surface area contributed by atoms with Crippen LogP contribution in [0.15, 0.2) is 84.1 Å². The zero-order chi connectivity index (χ0) is 20.8. The van der Waals surface area contributed by atoms with Gasteiger partial charge in [-0.3, -0.25) is 14.9 Å². The third kappa shape index (κ3) is 5.05. The Morgan fingerprint density at radius 1 is 1.10 bits per heavy atom. The minimum absolute atomic E-state index is 0.127. The van der Waals surface area contributed by atoms with E-state index < -0.39 is 16.7 Å². The summed E-state index contributed by atoms with van der Waals surface area (Å²) in [6.07, 6.45) is 3.36. The number of ketones is 1. The fraction of sp³-hybridized carbons (Fsp3) is 0.0952. The van der Waals surface area contributed by atoms with Crippen molar-refractivity contribution in [3.05, 3.63) is 106 Å². The highest BCUT2D eigenvalue weighted by molar-refractivity contribution is 7.77. The molecule has 0 aliphatic heterocycles. The van der Waals surface area contributed by atoms with E-state index in [0.717, 1.165) is 5.56 Å². The summed E-state index contributed by atoms with van der Waals surface area (Å²) in [7, 11) is 0. The van der Waals surface area contributed by atoms with Gasteiger partial charge in [0.05, 0.1) is 11.5 Å². The average molecular weight is 409 g/mol. The molecule has 1 atom stereocenters. The first-order valence-corrected chi connectivity index (χ1v) is 9.07. The van der Waals surface area contributed by atoms with Crippen LogP contribution in [0, 0.1) is 15.9 Å². The van der Waals surface area contributed by atoms with Crippen molar-refractivity contribution >= 4 is 29.1 Å². The summed E-state index contributed by atoms with van der Waals surface area (Å²) in [5.41, 5.74) is 0.732. The summed E-state index contributed by atoms with van der Waals surface area (Å²) < 4.78 is 14.7.